The predicted molar refractivity (Wildman–Crippen MR) is 86.8 cm³/mol. The van der Waals surface area contributed by atoms with Crippen LogP contribution in [0.1, 0.15) is 42.6 Å². The maximum absolute atomic E-state index is 12.4. The number of rotatable bonds is 3. The van der Waals surface area contributed by atoms with E-state index in [0.717, 1.165) is 31.4 Å². The van der Waals surface area contributed by atoms with E-state index in [1.54, 1.807) is 19.9 Å². The van der Waals surface area contributed by atoms with Crippen LogP contribution in [-0.2, 0) is 4.79 Å². The molecular weight excluding hydrogens is 294 g/mol. The molecule has 0 saturated heterocycles. The van der Waals surface area contributed by atoms with Gasteiger partial charge in [-0.3, -0.25) is 14.6 Å². The summed E-state index contributed by atoms with van der Waals surface area (Å²) < 4.78 is 1.48. The number of amides is 1. The van der Waals surface area contributed by atoms with Gasteiger partial charge in [-0.15, -0.1) is 0 Å². The summed E-state index contributed by atoms with van der Waals surface area (Å²) in [5, 5.41) is 7.27. The number of aryl methyl sites for hydroxylation is 2. The molecule has 0 spiro atoms. The summed E-state index contributed by atoms with van der Waals surface area (Å²) in [6.45, 7) is 5.34. The van der Waals surface area contributed by atoms with Crippen molar-refractivity contribution in [1.82, 2.24) is 19.7 Å². The largest absolute Gasteiger partial charge is 0.310 e. The number of hydrogen-bond acceptors (Lipinski definition) is 4. The van der Waals surface area contributed by atoms with Crippen molar-refractivity contribution in [3.63, 3.8) is 0 Å². The van der Waals surface area contributed by atoms with Crippen LogP contribution in [0.4, 0.5) is 5.82 Å². The molecule has 1 fully saturated rings. The highest BCUT2D eigenvalue weighted by molar-refractivity contribution is 5.92. The van der Waals surface area contributed by atoms with Crippen molar-refractivity contribution in [3.05, 3.63) is 33.4 Å². The number of nitrogens with zero attached hydrogens (tertiary/aromatic N) is 3. The highest BCUT2D eigenvalue weighted by Crippen LogP contribution is 2.26. The molecule has 0 aliphatic heterocycles. The van der Waals surface area contributed by atoms with Crippen molar-refractivity contribution in [1.29, 1.82) is 0 Å². The van der Waals surface area contributed by atoms with E-state index in [1.807, 2.05) is 6.92 Å². The molecule has 1 aliphatic carbocycles. The maximum Gasteiger partial charge on any atom is 0.255 e. The summed E-state index contributed by atoms with van der Waals surface area (Å²) in [6.07, 6.45) is 4.06. The summed E-state index contributed by atoms with van der Waals surface area (Å²) in [7, 11) is 0. The number of aromatic amines is 1. The molecule has 2 N–H and O–H groups in total. The average Bonchev–Trinajstić information content (AvgIpc) is 3.14. The van der Waals surface area contributed by atoms with E-state index >= 15 is 0 Å². The highest BCUT2D eigenvalue weighted by Gasteiger charge is 2.24. The molecule has 2 aromatic rings. The second-order valence-corrected chi connectivity index (χ2v) is 6.15. The first kappa shape index (κ1) is 15.5. The van der Waals surface area contributed by atoms with Crippen LogP contribution < -0.4 is 10.9 Å². The van der Waals surface area contributed by atoms with Gasteiger partial charge in [0.1, 0.15) is 5.82 Å². The molecule has 2 heterocycles. The topological polar surface area (TPSA) is 92.7 Å². The third-order valence-corrected chi connectivity index (χ3v) is 4.39. The van der Waals surface area contributed by atoms with Gasteiger partial charge in [0.2, 0.25) is 11.9 Å². The van der Waals surface area contributed by atoms with Gasteiger partial charge < -0.3 is 5.32 Å². The second kappa shape index (κ2) is 5.98. The zero-order chi connectivity index (χ0) is 16.6. The lowest BCUT2D eigenvalue weighted by atomic mass is 10.1. The number of hydrogen-bond donors (Lipinski definition) is 2. The molecule has 7 nitrogen and oxygen atoms in total. The van der Waals surface area contributed by atoms with E-state index < -0.39 is 0 Å². The molecule has 0 bridgehead atoms. The molecule has 7 heteroatoms. The third-order valence-electron chi connectivity index (χ3n) is 4.39. The molecule has 3 rings (SSSR count). The lowest BCUT2D eigenvalue weighted by Gasteiger charge is -2.12. The van der Waals surface area contributed by atoms with Gasteiger partial charge in [0.15, 0.2) is 0 Å². The maximum atomic E-state index is 12.4. The first-order valence-electron chi connectivity index (χ1n) is 7.91. The second-order valence-electron chi connectivity index (χ2n) is 6.15. The lowest BCUT2D eigenvalue weighted by molar-refractivity contribution is -0.119. The Morgan fingerprint density at radius 2 is 2.00 bits per heavy atom. The Labute approximate surface area is 134 Å². The SMILES string of the molecule is Cc1cc(NC(=O)C2CCCC2)n(-c2nc(C)c(C)c(=O)[nH]2)n1. The highest BCUT2D eigenvalue weighted by atomic mass is 16.2. The number of carbonyl (C=O) groups excluding carboxylic acids is 1. The number of carbonyl (C=O) groups is 1. The van der Waals surface area contributed by atoms with Crippen LogP contribution in [0.3, 0.4) is 0 Å². The molecule has 122 valence electrons. The first-order valence-corrected chi connectivity index (χ1v) is 7.91. The minimum absolute atomic E-state index is 0.00910. The molecule has 2 aromatic heterocycles. The molecule has 0 atom stereocenters. The summed E-state index contributed by atoms with van der Waals surface area (Å²) in [4.78, 5) is 31.4. The summed E-state index contributed by atoms with van der Waals surface area (Å²) in [6, 6.07) is 1.78. The fourth-order valence-corrected chi connectivity index (χ4v) is 2.90. The minimum Gasteiger partial charge on any atom is -0.310 e. The van der Waals surface area contributed by atoms with Gasteiger partial charge in [0.05, 0.1) is 5.69 Å². The van der Waals surface area contributed by atoms with Crippen molar-refractivity contribution < 1.29 is 4.79 Å². The zero-order valence-electron chi connectivity index (χ0n) is 13.6. The monoisotopic (exact) mass is 315 g/mol. The molecule has 0 aromatic carbocycles. The number of anilines is 1. The van der Waals surface area contributed by atoms with Gasteiger partial charge in [0.25, 0.3) is 5.56 Å². The van der Waals surface area contributed by atoms with Gasteiger partial charge >= 0.3 is 0 Å². The Bertz CT molecular complexity index is 799. The van der Waals surface area contributed by atoms with Gasteiger partial charge in [-0.1, -0.05) is 12.8 Å². The lowest BCUT2D eigenvalue weighted by Crippen LogP contribution is -2.24. The van der Waals surface area contributed by atoms with Crippen molar-refractivity contribution in [2.45, 2.75) is 46.5 Å². The predicted octanol–water partition coefficient (Wildman–Crippen LogP) is 2.01. The third kappa shape index (κ3) is 3.04. The standard InChI is InChI=1S/C16H21N5O2/c1-9-8-13(18-15(23)12-6-4-5-7-12)21(20-9)16-17-11(3)10(2)14(22)19-16/h8,12H,4-7H2,1-3H3,(H,18,23)(H,17,19,22). The molecule has 23 heavy (non-hydrogen) atoms. The molecule has 1 amide bonds. The molecular formula is C16H21N5O2. The average molecular weight is 315 g/mol. The number of nitrogens with one attached hydrogen (secondary N) is 2. The van der Waals surface area contributed by atoms with E-state index in [2.05, 4.69) is 20.4 Å². The van der Waals surface area contributed by atoms with Crippen LogP contribution >= 0.6 is 0 Å². The van der Waals surface area contributed by atoms with Crippen LogP contribution in [0, 0.1) is 26.7 Å². The molecule has 0 unspecified atom stereocenters. The van der Waals surface area contributed by atoms with E-state index in [0.29, 0.717) is 23.0 Å². The first-order chi connectivity index (χ1) is 11.0. The Hall–Kier alpha value is -2.44. The van der Waals surface area contributed by atoms with Gasteiger partial charge in [0, 0.05) is 23.2 Å². The Balaban J connectivity index is 1.94. The molecule has 0 radical (unpaired) electrons. The smallest absolute Gasteiger partial charge is 0.255 e. The van der Waals surface area contributed by atoms with Crippen molar-refractivity contribution in [3.8, 4) is 5.95 Å². The zero-order valence-corrected chi connectivity index (χ0v) is 13.6. The van der Waals surface area contributed by atoms with E-state index in [1.165, 1.54) is 4.68 Å². The number of H-pyrrole nitrogens is 1. The van der Waals surface area contributed by atoms with Crippen molar-refractivity contribution in [2.24, 2.45) is 5.92 Å². The summed E-state index contributed by atoms with van der Waals surface area (Å²) in [5.74, 6) is 0.916. The van der Waals surface area contributed by atoms with Crippen LogP contribution in [0.2, 0.25) is 0 Å². The van der Waals surface area contributed by atoms with Crippen LogP contribution in [0.25, 0.3) is 5.95 Å². The van der Waals surface area contributed by atoms with Crippen molar-refractivity contribution >= 4 is 11.7 Å². The van der Waals surface area contributed by atoms with E-state index in [-0.39, 0.29) is 17.4 Å². The number of aromatic nitrogens is 4. The summed E-state index contributed by atoms with van der Waals surface area (Å²) in [5.41, 5.74) is 1.76. The fraction of sp³-hybridized carbons (Fsp3) is 0.500. The van der Waals surface area contributed by atoms with Crippen molar-refractivity contribution in [2.75, 3.05) is 5.32 Å². The van der Waals surface area contributed by atoms with Crippen LogP contribution in [0.15, 0.2) is 10.9 Å². The van der Waals surface area contributed by atoms with Crippen LogP contribution in [-0.4, -0.2) is 25.7 Å². The Kier molecular flexibility index (Phi) is 4.02. The van der Waals surface area contributed by atoms with Gasteiger partial charge in [-0.05, 0) is 33.6 Å². The minimum atomic E-state index is -0.200. The van der Waals surface area contributed by atoms with Gasteiger partial charge in [-0.25, -0.2) is 4.98 Å². The fourth-order valence-electron chi connectivity index (χ4n) is 2.90. The Morgan fingerprint density at radius 1 is 1.30 bits per heavy atom. The van der Waals surface area contributed by atoms with Crippen LogP contribution in [0.5, 0.6) is 0 Å². The van der Waals surface area contributed by atoms with E-state index in [4.69, 9.17) is 0 Å². The van der Waals surface area contributed by atoms with E-state index in [9.17, 15) is 9.59 Å². The quantitative estimate of drug-likeness (QED) is 0.906. The molecule has 1 saturated carbocycles. The summed E-state index contributed by atoms with van der Waals surface area (Å²) >= 11 is 0. The Morgan fingerprint density at radius 3 is 2.65 bits per heavy atom. The molecule has 1 aliphatic rings. The normalized spacial score (nSPS) is 15.1. The van der Waals surface area contributed by atoms with Gasteiger partial charge in [-0.2, -0.15) is 9.78 Å².